The molecule has 5 rings (SSSR count). The van der Waals surface area contributed by atoms with Crippen molar-refractivity contribution in [2.45, 2.75) is 49.7 Å². The Morgan fingerprint density at radius 3 is 2.54 bits per heavy atom. The minimum atomic E-state index is -4.76. The van der Waals surface area contributed by atoms with Crippen molar-refractivity contribution < 1.29 is 69.2 Å². The molecule has 0 radical (unpaired) electrons. The second-order valence-electron chi connectivity index (χ2n) is 8.57. The third kappa shape index (κ3) is 6.23. The number of nitrogens with zero attached hydrogens (tertiary/aromatic N) is 6. The maximum atomic E-state index is 12.7. The van der Waals surface area contributed by atoms with Gasteiger partial charge in [0.25, 0.3) is 5.56 Å². The first-order valence-corrected chi connectivity index (χ1v) is 12.7. The number of H-pyrrole nitrogens is 1. The van der Waals surface area contributed by atoms with E-state index in [1.807, 2.05) is 0 Å². The van der Waals surface area contributed by atoms with E-state index in [1.54, 1.807) is 0 Å². The third-order valence-electron chi connectivity index (χ3n) is 6.05. The van der Waals surface area contributed by atoms with Gasteiger partial charge in [-0.1, -0.05) is 0 Å². The molecular formula is C18H25N9NaO10P. The first kappa shape index (κ1) is 29.7. The van der Waals surface area contributed by atoms with Crippen molar-refractivity contribution in [3.05, 3.63) is 33.5 Å². The summed E-state index contributed by atoms with van der Waals surface area (Å²) in [5.41, 5.74) is 9.82. The predicted molar refractivity (Wildman–Crippen MR) is 125 cm³/mol. The Hall–Kier alpha value is -2.29. The molecule has 7 atom stereocenters. The summed E-state index contributed by atoms with van der Waals surface area (Å²) in [6.45, 7) is -1.13. The number of nitrogens with two attached hydrogens (primary N) is 2. The van der Waals surface area contributed by atoms with Crippen LogP contribution in [0.5, 0.6) is 0 Å². The molecule has 0 aromatic carbocycles. The van der Waals surface area contributed by atoms with Gasteiger partial charge in [-0.25, -0.2) is 19.3 Å². The Morgan fingerprint density at radius 1 is 1.13 bits per heavy atom. The molecule has 3 aromatic heterocycles. The van der Waals surface area contributed by atoms with Crippen molar-refractivity contribution in [3.63, 3.8) is 0 Å². The number of aliphatic hydroxyl groups is 2. The smallest absolute Gasteiger partial charge is 1.00 e. The molecule has 2 aliphatic heterocycles. The van der Waals surface area contributed by atoms with Crippen LogP contribution >= 0.6 is 7.82 Å². The number of ether oxygens (including phenoxy) is 2. The van der Waals surface area contributed by atoms with E-state index in [2.05, 4.69) is 24.9 Å². The van der Waals surface area contributed by atoms with Crippen LogP contribution in [-0.4, -0.2) is 86.8 Å². The zero-order valence-corrected chi connectivity index (χ0v) is 23.3. The van der Waals surface area contributed by atoms with Crippen molar-refractivity contribution in [1.29, 1.82) is 0 Å². The summed E-state index contributed by atoms with van der Waals surface area (Å²) < 4.78 is 36.6. The normalized spacial score (nSPS) is 28.4. The summed E-state index contributed by atoms with van der Waals surface area (Å²) in [5.74, 6) is -0.369. The number of hydrogen-bond donors (Lipinski definition) is 6. The molecule has 0 saturated carbocycles. The van der Waals surface area contributed by atoms with Crippen molar-refractivity contribution in [1.82, 2.24) is 34.1 Å². The van der Waals surface area contributed by atoms with E-state index in [4.69, 9.17) is 30.0 Å². The topological polar surface area (TPSA) is 278 Å². The molecule has 0 amide bonds. The van der Waals surface area contributed by atoms with Crippen LogP contribution in [0.2, 0.25) is 0 Å². The van der Waals surface area contributed by atoms with Crippen LogP contribution in [0.1, 0.15) is 26.7 Å². The summed E-state index contributed by atoms with van der Waals surface area (Å²) in [7, 11) is -4.76. The maximum absolute atomic E-state index is 12.7. The van der Waals surface area contributed by atoms with Crippen LogP contribution in [0, 0.1) is 0 Å². The Morgan fingerprint density at radius 2 is 1.82 bits per heavy atom. The van der Waals surface area contributed by atoms with E-state index in [0.717, 1.165) is 10.9 Å². The summed E-state index contributed by atoms with van der Waals surface area (Å²) >= 11 is 0. The van der Waals surface area contributed by atoms with Gasteiger partial charge in [0.05, 0.1) is 25.6 Å². The molecule has 208 valence electrons. The van der Waals surface area contributed by atoms with Crippen LogP contribution < -0.4 is 52.3 Å². The number of aromatic amines is 1. The average molecular weight is 581 g/mol. The number of aromatic nitrogens is 7. The Kier molecular flexibility index (Phi) is 8.89. The monoisotopic (exact) mass is 581 g/mol. The number of aliphatic hydroxyl groups excluding tert-OH is 2. The van der Waals surface area contributed by atoms with Gasteiger partial charge >= 0.3 is 43.1 Å². The SMILES string of the molecule is Nc1ncn([C@H]2C[C@H](OP(=O)(O)OC[C@H]3OC(n4cnc5c(=O)[nH]c(N)nc54)CC3O)[C@@H](CO)O2)c(=O)n1.[H-].[Na+]. The number of hydrogen-bond acceptors (Lipinski definition) is 15. The summed E-state index contributed by atoms with van der Waals surface area (Å²) in [6, 6.07) is 0. The number of nitrogen functional groups attached to an aromatic ring is 2. The Labute approximate surface area is 241 Å². The van der Waals surface area contributed by atoms with E-state index in [9.17, 15) is 29.3 Å². The van der Waals surface area contributed by atoms with Gasteiger partial charge in [-0.05, 0) is 0 Å². The number of nitrogens with one attached hydrogen (secondary N) is 1. The van der Waals surface area contributed by atoms with Gasteiger partial charge in [0.2, 0.25) is 11.9 Å². The fraction of sp³-hybridized carbons (Fsp3) is 0.556. The van der Waals surface area contributed by atoms with E-state index >= 15 is 0 Å². The number of anilines is 2. The van der Waals surface area contributed by atoms with Gasteiger partial charge in [0.1, 0.15) is 37.1 Å². The molecule has 0 bridgehead atoms. The largest absolute Gasteiger partial charge is 1.00 e. The molecule has 39 heavy (non-hydrogen) atoms. The fourth-order valence-corrected chi connectivity index (χ4v) is 5.22. The van der Waals surface area contributed by atoms with Crippen LogP contribution in [0.3, 0.4) is 0 Å². The maximum Gasteiger partial charge on any atom is 1.00 e. The molecule has 0 aliphatic carbocycles. The quantitative estimate of drug-likeness (QED) is 0.107. The standard InChI is InChI=1S/C18H24N9O10P.Na.H/c19-16-22-6-27(18(31)25-16)12-2-8(9(3-28)35-12)37-38(32,33)34-4-10-7(29)1-11(36-10)26-5-21-13-14(26)23-17(20)24-15(13)30;;/h5-12,28-29H,1-4H2,(H,32,33)(H2,19,25,31)(H3,20,23,24,30);;/q;+1;-1/t7?,8-,9+,10+,11?,12+;;/m0../s1. The summed E-state index contributed by atoms with van der Waals surface area (Å²) in [4.78, 5) is 51.9. The van der Waals surface area contributed by atoms with Crippen molar-refractivity contribution in [2.75, 3.05) is 24.7 Å². The number of phosphoric ester groups is 1. The summed E-state index contributed by atoms with van der Waals surface area (Å²) in [6.07, 6.45) is -3.86. The minimum Gasteiger partial charge on any atom is -1.00 e. The van der Waals surface area contributed by atoms with Crippen molar-refractivity contribution in [3.8, 4) is 0 Å². The van der Waals surface area contributed by atoms with Crippen molar-refractivity contribution in [2.24, 2.45) is 0 Å². The zero-order valence-electron chi connectivity index (χ0n) is 21.4. The molecular weight excluding hydrogens is 556 g/mol. The molecule has 8 N–H and O–H groups in total. The second kappa shape index (κ2) is 11.7. The molecule has 2 saturated heterocycles. The molecule has 2 aliphatic rings. The molecule has 5 heterocycles. The van der Waals surface area contributed by atoms with Gasteiger partial charge in [-0.15, -0.1) is 0 Å². The van der Waals surface area contributed by atoms with Gasteiger partial charge < -0.3 is 37.5 Å². The first-order chi connectivity index (χ1) is 18.0. The van der Waals surface area contributed by atoms with E-state index in [-0.39, 0.29) is 66.9 Å². The number of phosphoric acid groups is 1. The predicted octanol–water partition coefficient (Wildman–Crippen LogP) is -5.52. The van der Waals surface area contributed by atoms with Crippen LogP contribution in [0.15, 0.2) is 22.2 Å². The van der Waals surface area contributed by atoms with Gasteiger partial charge in [0, 0.05) is 12.8 Å². The molecule has 3 unspecified atom stereocenters. The fourth-order valence-electron chi connectivity index (χ4n) is 4.26. The van der Waals surface area contributed by atoms with E-state index in [1.165, 1.54) is 10.9 Å². The van der Waals surface area contributed by atoms with Crippen LogP contribution in [0.25, 0.3) is 11.2 Å². The van der Waals surface area contributed by atoms with Crippen LogP contribution in [0.4, 0.5) is 11.9 Å². The Balaban J connectivity index is 0.00000220. The van der Waals surface area contributed by atoms with E-state index in [0.29, 0.717) is 0 Å². The summed E-state index contributed by atoms with van der Waals surface area (Å²) in [5, 5.41) is 20.1. The number of fused-ring (bicyclic) bond motifs is 1. The van der Waals surface area contributed by atoms with Gasteiger partial charge in [0.15, 0.2) is 11.2 Å². The first-order valence-electron chi connectivity index (χ1n) is 11.2. The molecule has 2 fully saturated rings. The number of rotatable bonds is 8. The van der Waals surface area contributed by atoms with Crippen LogP contribution in [-0.2, 0) is 23.1 Å². The van der Waals surface area contributed by atoms with Crippen molar-refractivity contribution >= 4 is 30.9 Å². The zero-order chi connectivity index (χ0) is 27.2. The molecule has 0 spiro atoms. The Bertz CT molecular complexity index is 1510. The van der Waals surface area contributed by atoms with Gasteiger partial charge in [-0.3, -0.25) is 28.0 Å². The molecule has 21 heteroatoms. The minimum absolute atomic E-state index is 0. The molecule has 19 nitrogen and oxygen atoms in total. The second-order valence-corrected chi connectivity index (χ2v) is 9.97. The van der Waals surface area contributed by atoms with E-state index < -0.39 is 69.2 Å². The average Bonchev–Trinajstić information content (AvgIpc) is 3.54. The molecule has 3 aromatic rings. The third-order valence-corrected chi connectivity index (χ3v) is 7.06. The number of imidazole rings is 1. The van der Waals surface area contributed by atoms with Gasteiger partial charge in [-0.2, -0.15) is 9.97 Å².